The third-order valence-corrected chi connectivity index (χ3v) is 3.86. The van der Waals surface area contributed by atoms with Crippen LogP contribution in [-0.2, 0) is 0 Å². The minimum Gasteiger partial charge on any atom is -0.492 e. The lowest BCUT2D eigenvalue weighted by atomic mass is 10.1. The van der Waals surface area contributed by atoms with Gasteiger partial charge in [-0.2, -0.15) is 0 Å². The summed E-state index contributed by atoms with van der Waals surface area (Å²) in [6.45, 7) is 1.46. The molecular formula is C18H18N2O3. The average molecular weight is 310 g/mol. The van der Waals surface area contributed by atoms with Crippen LogP contribution >= 0.6 is 0 Å². The Balaban J connectivity index is 1.60. The first kappa shape index (κ1) is 15.1. The van der Waals surface area contributed by atoms with Gasteiger partial charge in [0.25, 0.3) is 5.91 Å². The number of hydrogen-bond acceptors (Lipinski definition) is 4. The summed E-state index contributed by atoms with van der Waals surface area (Å²) in [7, 11) is 1.97. The van der Waals surface area contributed by atoms with E-state index < -0.39 is 0 Å². The zero-order valence-electron chi connectivity index (χ0n) is 12.9. The van der Waals surface area contributed by atoms with Crippen molar-refractivity contribution in [3.63, 3.8) is 0 Å². The molecule has 0 atom stereocenters. The highest BCUT2D eigenvalue weighted by Crippen LogP contribution is 2.25. The zero-order chi connectivity index (χ0) is 16.2. The lowest BCUT2D eigenvalue weighted by Crippen LogP contribution is -2.46. The van der Waals surface area contributed by atoms with Crippen LogP contribution in [0.4, 0.5) is 5.69 Å². The van der Waals surface area contributed by atoms with E-state index in [-0.39, 0.29) is 5.91 Å². The van der Waals surface area contributed by atoms with Gasteiger partial charge in [0.1, 0.15) is 18.6 Å². The molecule has 2 aromatic carbocycles. The Kier molecular flexibility index (Phi) is 4.28. The molecule has 0 N–H and O–H groups in total. The van der Waals surface area contributed by atoms with E-state index in [0.717, 1.165) is 17.5 Å². The summed E-state index contributed by atoms with van der Waals surface area (Å²) in [6, 6.07) is 14.5. The van der Waals surface area contributed by atoms with Crippen molar-refractivity contribution in [1.82, 2.24) is 4.90 Å². The van der Waals surface area contributed by atoms with Crippen molar-refractivity contribution in [3.05, 3.63) is 59.7 Å². The normalized spacial score (nSPS) is 13.7. The van der Waals surface area contributed by atoms with E-state index in [1.807, 2.05) is 31.3 Å². The molecule has 0 bridgehead atoms. The number of carbonyl (C=O) groups is 2. The molecule has 0 radical (unpaired) electrons. The van der Waals surface area contributed by atoms with Crippen LogP contribution < -0.4 is 9.64 Å². The van der Waals surface area contributed by atoms with E-state index in [2.05, 4.69) is 4.90 Å². The third kappa shape index (κ3) is 3.18. The van der Waals surface area contributed by atoms with Gasteiger partial charge < -0.3 is 14.5 Å². The molecule has 1 amide bonds. The molecule has 5 heteroatoms. The summed E-state index contributed by atoms with van der Waals surface area (Å²) in [4.78, 5) is 26.9. The maximum atomic E-state index is 12.5. The van der Waals surface area contributed by atoms with Gasteiger partial charge in [-0.1, -0.05) is 12.1 Å². The Labute approximate surface area is 135 Å². The maximum absolute atomic E-state index is 12.5. The van der Waals surface area contributed by atoms with Crippen molar-refractivity contribution in [1.29, 1.82) is 0 Å². The quantitative estimate of drug-likeness (QED) is 0.796. The number of amides is 1. The number of carbonyl (C=O) groups excluding carboxylic acids is 2. The molecule has 0 aliphatic carbocycles. The first-order chi connectivity index (χ1) is 11.2. The molecule has 2 aromatic rings. The SMILES string of the molecule is CN1CN(CCOc2ccc(C=O)cc2)C(=O)c2ccccc21. The highest BCUT2D eigenvalue weighted by molar-refractivity contribution is 6.01. The molecule has 1 aliphatic rings. The number of ether oxygens (including phenoxy) is 1. The highest BCUT2D eigenvalue weighted by Gasteiger charge is 2.26. The molecule has 5 nitrogen and oxygen atoms in total. The van der Waals surface area contributed by atoms with E-state index in [4.69, 9.17) is 4.74 Å². The van der Waals surface area contributed by atoms with Crippen molar-refractivity contribution >= 4 is 17.9 Å². The molecule has 0 saturated carbocycles. The number of para-hydroxylation sites is 1. The number of benzene rings is 2. The van der Waals surface area contributed by atoms with E-state index in [1.54, 1.807) is 29.2 Å². The van der Waals surface area contributed by atoms with Gasteiger partial charge in [0.2, 0.25) is 0 Å². The lowest BCUT2D eigenvalue weighted by molar-refractivity contribution is 0.0718. The van der Waals surface area contributed by atoms with Crippen LogP contribution in [0.3, 0.4) is 0 Å². The Morgan fingerprint density at radius 1 is 1.13 bits per heavy atom. The van der Waals surface area contributed by atoms with Crippen LogP contribution in [0.5, 0.6) is 5.75 Å². The topological polar surface area (TPSA) is 49.9 Å². The van der Waals surface area contributed by atoms with Crippen LogP contribution in [0.15, 0.2) is 48.5 Å². The molecule has 0 saturated heterocycles. The fourth-order valence-corrected chi connectivity index (χ4v) is 2.64. The van der Waals surface area contributed by atoms with Crippen LogP contribution in [-0.4, -0.2) is 44.0 Å². The Bertz CT molecular complexity index is 712. The number of nitrogens with zero attached hydrogens (tertiary/aromatic N) is 2. The van der Waals surface area contributed by atoms with Gasteiger partial charge in [-0.25, -0.2) is 0 Å². The maximum Gasteiger partial charge on any atom is 0.257 e. The summed E-state index contributed by atoms with van der Waals surface area (Å²) in [5.41, 5.74) is 2.29. The number of anilines is 1. The molecule has 0 fully saturated rings. The van der Waals surface area contributed by atoms with Gasteiger partial charge in [-0.3, -0.25) is 9.59 Å². The van der Waals surface area contributed by atoms with Crippen LogP contribution in [0.25, 0.3) is 0 Å². The average Bonchev–Trinajstić information content (AvgIpc) is 2.60. The minimum absolute atomic E-state index is 0.0265. The van der Waals surface area contributed by atoms with Gasteiger partial charge in [0.15, 0.2) is 0 Å². The van der Waals surface area contributed by atoms with Crippen molar-refractivity contribution < 1.29 is 14.3 Å². The molecule has 23 heavy (non-hydrogen) atoms. The standard InChI is InChI=1S/C18H18N2O3/c1-19-13-20(18(22)16-4-2-3-5-17(16)19)10-11-23-15-8-6-14(12-21)7-9-15/h2-9,12H,10-11,13H2,1H3. The van der Waals surface area contributed by atoms with Gasteiger partial charge in [0, 0.05) is 12.6 Å². The van der Waals surface area contributed by atoms with Crippen molar-refractivity contribution in [2.24, 2.45) is 0 Å². The van der Waals surface area contributed by atoms with Crippen LogP contribution in [0, 0.1) is 0 Å². The van der Waals surface area contributed by atoms with E-state index in [0.29, 0.717) is 31.1 Å². The smallest absolute Gasteiger partial charge is 0.257 e. The summed E-state index contributed by atoms with van der Waals surface area (Å²) in [6.07, 6.45) is 0.795. The van der Waals surface area contributed by atoms with Crippen molar-refractivity contribution in [2.75, 3.05) is 31.8 Å². The summed E-state index contributed by atoms with van der Waals surface area (Å²) < 4.78 is 5.65. The Hall–Kier alpha value is -2.82. The minimum atomic E-state index is 0.0265. The number of aldehydes is 1. The predicted octanol–water partition coefficient (Wildman–Crippen LogP) is 2.43. The van der Waals surface area contributed by atoms with E-state index in [9.17, 15) is 9.59 Å². The van der Waals surface area contributed by atoms with Crippen molar-refractivity contribution in [2.45, 2.75) is 0 Å². The van der Waals surface area contributed by atoms with Gasteiger partial charge in [0.05, 0.1) is 24.5 Å². The second-order valence-electron chi connectivity index (χ2n) is 5.46. The first-order valence-corrected chi connectivity index (χ1v) is 7.46. The second-order valence-corrected chi connectivity index (χ2v) is 5.46. The van der Waals surface area contributed by atoms with Gasteiger partial charge in [-0.05, 0) is 36.4 Å². The molecule has 118 valence electrons. The third-order valence-electron chi connectivity index (χ3n) is 3.86. The number of hydrogen-bond donors (Lipinski definition) is 0. The lowest BCUT2D eigenvalue weighted by Gasteiger charge is -2.35. The van der Waals surface area contributed by atoms with Crippen LogP contribution in [0.1, 0.15) is 20.7 Å². The van der Waals surface area contributed by atoms with Crippen LogP contribution in [0.2, 0.25) is 0 Å². The summed E-state index contributed by atoms with van der Waals surface area (Å²) in [5.74, 6) is 0.715. The predicted molar refractivity (Wildman–Crippen MR) is 88.1 cm³/mol. The molecule has 0 spiro atoms. The fourth-order valence-electron chi connectivity index (χ4n) is 2.64. The molecule has 1 heterocycles. The van der Waals surface area contributed by atoms with E-state index >= 15 is 0 Å². The summed E-state index contributed by atoms with van der Waals surface area (Å²) >= 11 is 0. The molecular weight excluding hydrogens is 292 g/mol. The molecule has 0 unspecified atom stereocenters. The molecule has 0 aromatic heterocycles. The first-order valence-electron chi connectivity index (χ1n) is 7.46. The van der Waals surface area contributed by atoms with Gasteiger partial charge in [-0.15, -0.1) is 0 Å². The number of rotatable bonds is 5. The molecule has 3 rings (SSSR count). The zero-order valence-corrected chi connectivity index (χ0v) is 12.9. The largest absolute Gasteiger partial charge is 0.492 e. The summed E-state index contributed by atoms with van der Waals surface area (Å²) in [5, 5.41) is 0. The fraction of sp³-hybridized carbons (Fsp3) is 0.222. The Morgan fingerprint density at radius 2 is 1.87 bits per heavy atom. The monoisotopic (exact) mass is 310 g/mol. The molecule has 1 aliphatic heterocycles. The van der Waals surface area contributed by atoms with Gasteiger partial charge >= 0.3 is 0 Å². The highest BCUT2D eigenvalue weighted by atomic mass is 16.5. The van der Waals surface area contributed by atoms with Crippen molar-refractivity contribution in [3.8, 4) is 5.75 Å². The van der Waals surface area contributed by atoms with E-state index in [1.165, 1.54) is 0 Å². The Morgan fingerprint density at radius 3 is 2.61 bits per heavy atom. The second kappa shape index (κ2) is 6.52. The number of fused-ring (bicyclic) bond motifs is 1.